The predicted octanol–water partition coefficient (Wildman–Crippen LogP) is 2.19. The van der Waals surface area contributed by atoms with E-state index in [0.29, 0.717) is 18.5 Å². The molecule has 14 heavy (non-hydrogen) atoms. The Morgan fingerprint density at radius 3 is 2.79 bits per heavy atom. The highest BCUT2D eigenvalue weighted by Gasteiger charge is 2.02. The van der Waals surface area contributed by atoms with Crippen LogP contribution in [0.15, 0.2) is 18.2 Å². The van der Waals surface area contributed by atoms with Gasteiger partial charge in [0.25, 0.3) is 0 Å². The minimum absolute atomic E-state index is 0.443. The van der Waals surface area contributed by atoms with Gasteiger partial charge in [-0.1, -0.05) is 12.1 Å². The first-order valence-electron chi connectivity index (χ1n) is 4.40. The molecule has 3 heteroatoms. The standard InChI is InChI=1S/C11H11N3/c1-9-4-2-5-11(10(9)8-13)14-7-3-6-12/h2,4-5,14H,3,7H2,1H3. The van der Waals surface area contributed by atoms with Crippen LogP contribution in [-0.2, 0) is 0 Å². The number of nitrogens with one attached hydrogen (secondary N) is 1. The van der Waals surface area contributed by atoms with Gasteiger partial charge in [-0.25, -0.2) is 0 Å². The number of anilines is 1. The zero-order valence-electron chi connectivity index (χ0n) is 8.04. The summed E-state index contributed by atoms with van der Waals surface area (Å²) in [5.41, 5.74) is 2.42. The molecule has 1 rings (SSSR count). The van der Waals surface area contributed by atoms with Gasteiger partial charge in [-0.2, -0.15) is 10.5 Å². The van der Waals surface area contributed by atoms with Gasteiger partial charge in [-0.3, -0.25) is 0 Å². The van der Waals surface area contributed by atoms with Gasteiger partial charge < -0.3 is 5.32 Å². The lowest BCUT2D eigenvalue weighted by atomic mass is 10.1. The van der Waals surface area contributed by atoms with E-state index in [1.165, 1.54) is 0 Å². The minimum Gasteiger partial charge on any atom is -0.383 e. The molecule has 70 valence electrons. The van der Waals surface area contributed by atoms with Crippen molar-refractivity contribution in [3.63, 3.8) is 0 Å². The predicted molar refractivity (Wildman–Crippen MR) is 54.6 cm³/mol. The SMILES string of the molecule is Cc1cccc(NCCC#N)c1C#N. The Morgan fingerprint density at radius 2 is 2.14 bits per heavy atom. The Kier molecular flexibility index (Phi) is 3.52. The van der Waals surface area contributed by atoms with Crippen molar-refractivity contribution >= 4 is 5.69 Å². The summed E-state index contributed by atoms with van der Waals surface area (Å²) in [7, 11) is 0. The Labute approximate surface area is 83.6 Å². The summed E-state index contributed by atoms with van der Waals surface area (Å²) in [6.45, 7) is 2.47. The number of benzene rings is 1. The molecule has 0 aromatic heterocycles. The number of aryl methyl sites for hydroxylation is 1. The van der Waals surface area contributed by atoms with Crippen LogP contribution in [0.25, 0.3) is 0 Å². The van der Waals surface area contributed by atoms with E-state index in [1.54, 1.807) is 0 Å². The van der Waals surface area contributed by atoms with Crippen molar-refractivity contribution in [1.82, 2.24) is 0 Å². The normalized spacial score (nSPS) is 8.79. The van der Waals surface area contributed by atoms with Gasteiger partial charge >= 0.3 is 0 Å². The molecule has 0 heterocycles. The quantitative estimate of drug-likeness (QED) is 0.734. The number of hydrogen-bond donors (Lipinski definition) is 1. The number of nitriles is 2. The molecule has 0 aliphatic heterocycles. The molecule has 1 aromatic rings. The number of hydrogen-bond acceptors (Lipinski definition) is 3. The smallest absolute Gasteiger partial charge is 0.102 e. The zero-order valence-corrected chi connectivity index (χ0v) is 8.04. The molecule has 3 nitrogen and oxygen atoms in total. The summed E-state index contributed by atoms with van der Waals surface area (Å²) in [4.78, 5) is 0. The topological polar surface area (TPSA) is 59.6 Å². The summed E-state index contributed by atoms with van der Waals surface area (Å²) in [6, 6.07) is 9.83. The van der Waals surface area contributed by atoms with E-state index < -0.39 is 0 Å². The Morgan fingerprint density at radius 1 is 1.36 bits per heavy atom. The van der Waals surface area contributed by atoms with Crippen molar-refractivity contribution in [2.45, 2.75) is 13.3 Å². The van der Waals surface area contributed by atoms with Crippen LogP contribution in [0.3, 0.4) is 0 Å². The molecule has 0 aliphatic rings. The molecule has 0 atom stereocenters. The van der Waals surface area contributed by atoms with Gasteiger partial charge in [0.15, 0.2) is 0 Å². The van der Waals surface area contributed by atoms with E-state index in [4.69, 9.17) is 10.5 Å². The van der Waals surface area contributed by atoms with E-state index in [9.17, 15) is 0 Å². The summed E-state index contributed by atoms with van der Waals surface area (Å²) in [5, 5.41) is 20.3. The maximum Gasteiger partial charge on any atom is 0.102 e. The van der Waals surface area contributed by atoms with Crippen molar-refractivity contribution in [2.24, 2.45) is 0 Å². The van der Waals surface area contributed by atoms with E-state index in [0.717, 1.165) is 11.3 Å². The molecule has 0 saturated carbocycles. The minimum atomic E-state index is 0.443. The monoisotopic (exact) mass is 185 g/mol. The molecular weight excluding hydrogens is 174 g/mol. The van der Waals surface area contributed by atoms with Gasteiger partial charge in [0, 0.05) is 6.54 Å². The first-order chi connectivity index (χ1) is 6.79. The zero-order chi connectivity index (χ0) is 10.4. The third-order valence-corrected chi connectivity index (χ3v) is 1.94. The van der Waals surface area contributed by atoms with E-state index in [1.807, 2.05) is 31.2 Å². The fraction of sp³-hybridized carbons (Fsp3) is 0.273. The maximum atomic E-state index is 8.90. The largest absolute Gasteiger partial charge is 0.383 e. The molecule has 0 bridgehead atoms. The Balaban J connectivity index is 2.83. The van der Waals surface area contributed by atoms with Crippen molar-refractivity contribution < 1.29 is 0 Å². The summed E-state index contributed by atoms with van der Waals surface area (Å²) in [5.74, 6) is 0. The molecule has 1 N–H and O–H groups in total. The van der Waals surface area contributed by atoms with Crippen LogP contribution in [0, 0.1) is 29.6 Å². The summed E-state index contributed by atoms with van der Waals surface area (Å²) >= 11 is 0. The van der Waals surface area contributed by atoms with Crippen molar-refractivity contribution in [3.05, 3.63) is 29.3 Å². The average molecular weight is 185 g/mol. The Bertz CT molecular complexity index is 396. The second kappa shape index (κ2) is 4.89. The van der Waals surface area contributed by atoms with Crippen LogP contribution in [0.1, 0.15) is 17.5 Å². The van der Waals surface area contributed by atoms with Gasteiger partial charge in [-0.05, 0) is 18.6 Å². The van der Waals surface area contributed by atoms with Crippen LogP contribution >= 0.6 is 0 Å². The van der Waals surface area contributed by atoms with Crippen LogP contribution in [0.2, 0.25) is 0 Å². The fourth-order valence-corrected chi connectivity index (χ4v) is 1.22. The molecule has 0 unspecified atom stereocenters. The average Bonchev–Trinajstić information content (AvgIpc) is 2.18. The fourth-order valence-electron chi connectivity index (χ4n) is 1.22. The first-order valence-corrected chi connectivity index (χ1v) is 4.40. The summed E-state index contributed by atoms with van der Waals surface area (Å²) in [6.07, 6.45) is 0.443. The van der Waals surface area contributed by atoms with Gasteiger partial charge in [0.05, 0.1) is 23.7 Å². The third-order valence-electron chi connectivity index (χ3n) is 1.94. The lowest BCUT2D eigenvalue weighted by Gasteiger charge is -2.07. The maximum absolute atomic E-state index is 8.90. The highest BCUT2D eigenvalue weighted by atomic mass is 14.9. The number of nitrogens with zero attached hydrogens (tertiary/aromatic N) is 2. The molecule has 0 saturated heterocycles. The first kappa shape index (κ1) is 10.1. The lowest BCUT2D eigenvalue weighted by molar-refractivity contribution is 1.07. The molecular formula is C11H11N3. The van der Waals surface area contributed by atoms with Gasteiger partial charge in [-0.15, -0.1) is 0 Å². The molecule has 0 amide bonds. The summed E-state index contributed by atoms with van der Waals surface area (Å²) < 4.78 is 0. The molecule has 1 aromatic carbocycles. The Hall–Kier alpha value is -2.00. The van der Waals surface area contributed by atoms with Gasteiger partial charge in [0.2, 0.25) is 0 Å². The molecule has 0 aliphatic carbocycles. The third kappa shape index (κ3) is 2.24. The lowest BCUT2D eigenvalue weighted by Crippen LogP contribution is -2.02. The van der Waals surface area contributed by atoms with E-state index in [-0.39, 0.29) is 0 Å². The number of rotatable bonds is 3. The van der Waals surface area contributed by atoms with E-state index in [2.05, 4.69) is 11.4 Å². The molecule has 0 spiro atoms. The molecule has 0 fully saturated rings. The highest BCUT2D eigenvalue weighted by Crippen LogP contribution is 2.17. The van der Waals surface area contributed by atoms with Crippen molar-refractivity contribution in [3.8, 4) is 12.1 Å². The van der Waals surface area contributed by atoms with Gasteiger partial charge in [0.1, 0.15) is 6.07 Å². The van der Waals surface area contributed by atoms with Crippen LogP contribution in [-0.4, -0.2) is 6.54 Å². The second-order valence-electron chi connectivity index (χ2n) is 2.94. The van der Waals surface area contributed by atoms with E-state index >= 15 is 0 Å². The highest BCUT2D eigenvalue weighted by molar-refractivity contribution is 5.60. The van der Waals surface area contributed by atoms with Crippen LogP contribution in [0.5, 0.6) is 0 Å². The molecule has 0 radical (unpaired) electrons. The van der Waals surface area contributed by atoms with Crippen LogP contribution < -0.4 is 5.32 Å². The van der Waals surface area contributed by atoms with Crippen molar-refractivity contribution in [1.29, 1.82) is 10.5 Å². The second-order valence-corrected chi connectivity index (χ2v) is 2.94. The van der Waals surface area contributed by atoms with Crippen molar-refractivity contribution in [2.75, 3.05) is 11.9 Å². The van der Waals surface area contributed by atoms with Crippen LogP contribution in [0.4, 0.5) is 5.69 Å².